The molecule has 0 spiro atoms. The highest BCUT2D eigenvalue weighted by molar-refractivity contribution is 6.00. The van der Waals surface area contributed by atoms with Gasteiger partial charge in [0.25, 0.3) is 17.1 Å². The van der Waals surface area contributed by atoms with Gasteiger partial charge in [-0.15, -0.1) is 0 Å². The lowest BCUT2D eigenvalue weighted by Crippen LogP contribution is -1.92. The van der Waals surface area contributed by atoms with Crippen molar-refractivity contribution in [3.63, 3.8) is 0 Å². The second-order valence-electron chi connectivity index (χ2n) is 12.1. The topological polar surface area (TPSA) is 190 Å². The Bertz CT molecular complexity index is 2890. The largest absolute Gasteiger partial charge is 0.354 e. The minimum Gasteiger partial charge on any atom is -0.354 e. The van der Waals surface area contributed by atoms with Gasteiger partial charge in [-0.25, -0.2) is 18.2 Å². The number of hydrogen-bond acceptors (Lipinski definition) is 7. The van der Waals surface area contributed by atoms with Gasteiger partial charge in [0.1, 0.15) is 17.5 Å². The lowest BCUT2D eigenvalue weighted by Gasteiger charge is -2.06. The summed E-state index contributed by atoms with van der Waals surface area (Å²) < 4.78 is 44.8. The lowest BCUT2D eigenvalue weighted by molar-refractivity contribution is -0.385. The number of nitrogens with zero attached hydrogens (tertiary/aromatic N) is 4. The monoisotopic (exact) mass is 715 g/mol. The van der Waals surface area contributed by atoms with Gasteiger partial charge < -0.3 is 15.0 Å². The van der Waals surface area contributed by atoms with E-state index in [4.69, 9.17) is 4.98 Å². The molecular weight excluding hydrogens is 695 g/mol. The number of non-ortho nitro benzene ring substituents is 3. The van der Waals surface area contributed by atoms with E-state index >= 15 is 4.39 Å². The molecule has 5 heterocycles. The molecule has 0 saturated carbocycles. The fraction of sp³-hybridized carbons (Fsp3) is 0. The highest BCUT2D eigenvalue weighted by Gasteiger charge is 2.20. The normalized spacial score (nSPS) is 11.7. The van der Waals surface area contributed by atoms with Gasteiger partial charge in [0.2, 0.25) is 0 Å². The van der Waals surface area contributed by atoms with E-state index < -0.39 is 49.3 Å². The van der Waals surface area contributed by atoms with Crippen molar-refractivity contribution in [1.29, 1.82) is 0 Å². The van der Waals surface area contributed by atoms with Crippen LogP contribution < -0.4 is 0 Å². The Hall–Kier alpha value is -7.62. The van der Waals surface area contributed by atoms with Crippen LogP contribution in [0.15, 0.2) is 91.0 Å². The van der Waals surface area contributed by atoms with Gasteiger partial charge in [0.15, 0.2) is 0 Å². The molecule has 8 bridgehead atoms. The van der Waals surface area contributed by atoms with Gasteiger partial charge in [0.05, 0.1) is 49.9 Å². The first-order valence-electron chi connectivity index (χ1n) is 15.6. The average Bonchev–Trinajstić information content (AvgIpc) is 3.94. The predicted molar refractivity (Wildman–Crippen MR) is 191 cm³/mol. The molecule has 0 aliphatic carbocycles. The van der Waals surface area contributed by atoms with E-state index in [1.54, 1.807) is 48.6 Å². The minimum absolute atomic E-state index is 0.0737. The Kier molecular flexibility index (Phi) is 7.56. The number of fused-ring (bicyclic) bond motifs is 9. The Balaban J connectivity index is 1.57. The van der Waals surface area contributed by atoms with Crippen LogP contribution in [0.4, 0.5) is 30.2 Å². The first-order chi connectivity index (χ1) is 25.4. The highest BCUT2D eigenvalue weighted by atomic mass is 19.1. The third-order valence-corrected chi connectivity index (χ3v) is 8.72. The summed E-state index contributed by atoms with van der Waals surface area (Å²) in [5.74, 6) is -2.64. The van der Waals surface area contributed by atoms with Crippen LogP contribution in [0.2, 0.25) is 0 Å². The van der Waals surface area contributed by atoms with Gasteiger partial charge in [-0.05, 0) is 83.4 Å². The summed E-state index contributed by atoms with van der Waals surface area (Å²) in [7, 11) is 0. The molecule has 1 aliphatic rings. The lowest BCUT2D eigenvalue weighted by atomic mass is 10.0. The molecule has 0 saturated heterocycles. The zero-order chi connectivity index (χ0) is 37.1. The molecule has 53 heavy (non-hydrogen) atoms. The van der Waals surface area contributed by atoms with Gasteiger partial charge in [-0.1, -0.05) is 0 Å². The Morgan fingerprint density at radius 3 is 1.15 bits per heavy atom. The molecule has 3 aromatic carbocycles. The first-order valence-corrected chi connectivity index (χ1v) is 15.6. The predicted octanol–water partition coefficient (Wildman–Crippen LogP) is 9.84. The Labute approximate surface area is 293 Å². The van der Waals surface area contributed by atoms with Crippen LogP contribution in [0, 0.1) is 47.8 Å². The first kappa shape index (κ1) is 32.6. The number of H-pyrrole nitrogens is 3. The molecule has 0 atom stereocenters. The second-order valence-corrected chi connectivity index (χ2v) is 12.1. The third-order valence-electron chi connectivity index (χ3n) is 8.72. The van der Waals surface area contributed by atoms with Crippen molar-refractivity contribution >= 4 is 62.3 Å². The smallest absolute Gasteiger partial charge is 0.272 e. The van der Waals surface area contributed by atoms with E-state index in [1.807, 2.05) is 0 Å². The van der Waals surface area contributed by atoms with Crippen molar-refractivity contribution in [2.24, 2.45) is 0 Å². The van der Waals surface area contributed by atoms with E-state index in [-0.39, 0.29) is 33.5 Å². The molecule has 4 aromatic heterocycles. The van der Waals surface area contributed by atoms with Crippen LogP contribution in [0.5, 0.6) is 0 Å². The molecule has 8 rings (SSSR count). The number of aromatic amines is 3. The average molecular weight is 716 g/mol. The molecule has 13 nitrogen and oxygen atoms in total. The number of halogens is 3. The molecule has 0 unspecified atom stereocenters. The standard InChI is InChI=1S/C37H20F3N7O6/c38-21-9-18(12-24(15-21)45(48)49)35-29-3-1-27(41-29)28-2-4-30(42-28)36(19-10-22(39)16-25(13-19)46(50)51)32-6-8-34(44-32)37(33-7-5-31(35)43-33)20-11-23(40)17-26(14-20)47(52)53/h1-17,41,43-44H. The van der Waals surface area contributed by atoms with E-state index in [1.165, 1.54) is 18.2 Å². The molecule has 1 aliphatic heterocycles. The van der Waals surface area contributed by atoms with Gasteiger partial charge >= 0.3 is 0 Å². The Morgan fingerprint density at radius 1 is 0.434 bits per heavy atom. The second kappa shape index (κ2) is 12.3. The highest BCUT2D eigenvalue weighted by Crippen LogP contribution is 2.38. The van der Waals surface area contributed by atoms with Crippen LogP contribution >= 0.6 is 0 Å². The summed E-state index contributed by atoms with van der Waals surface area (Å²) in [6, 6.07) is 19.1. The SMILES string of the molecule is O=[N+]([O-])c1cc(F)cc(-c2c3nc(c4ccc([nH]4)c(-c4cc(F)cc([N+](=O)[O-])c4)c4ccc([nH]4)c(-c4cc(F)cc([N+](=O)[O-])c4)c4ccc2[nH]4)C=C3)c1. The van der Waals surface area contributed by atoms with Crippen LogP contribution in [-0.2, 0) is 0 Å². The van der Waals surface area contributed by atoms with Crippen LogP contribution in [0.1, 0.15) is 11.4 Å². The zero-order valence-corrected chi connectivity index (χ0v) is 26.7. The van der Waals surface area contributed by atoms with Crippen molar-refractivity contribution < 1.29 is 27.9 Å². The summed E-state index contributed by atoms with van der Waals surface area (Å²) in [5.41, 5.74) is 2.41. The van der Waals surface area contributed by atoms with Crippen molar-refractivity contribution in [1.82, 2.24) is 19.9 Å². The van der Waals surface area contributed by atoms with Crippen LogP contribution in [-0.4, -0.2) is 34.7 Å². The number of rotatable bonds is 6. The fourth-order valence-electron chi connectivity index (χ4n) is 6.54. The van der Waals surface area contributed by atoms with Crippen molar-refractivity contribution in [2.75, 3.05) is 0 Å². The molecule has 0 fully saturated rings. The van der Waals surface area contributed by atoms with Crippen molar-refractivity contribution in [3.8, 4) is 33.4 Å². The van der Waals surface area contributed by atoms with E-state index in [0.717, 1.165) is 36.4 Å². The van der Waals surface area contributed by atoms with E-state index in [2.05, 4.69) is 15.0 Å². The summed E-state index contributed by atoms with van der Waals surface area (Å²) in [6.45, 7) is 0. The number of benzene rings is 3. The molecule has 7 aromatic rings. The molecule has 3 N–H and O–H groups in total. The number of nitro benzene ring substituents is 3. The molecule has 0 amide bonds. The fourth-order valence-corrected chi connectivity index (χ4v) is 6.54. The zero-order valence-electron chi connectivity index (χ0n) is 26.7. The number of nitro groups is 3. The van der Waals surface area contributed by atoms with Crippen LogP contribution in [0.3, 0.4) is 0 Å². The van der Waals surface area contributed by atoms with Crippen LogP contribution in [0.25, 0.3) is 78.6 Å². The summed E-state index contributed by atoms with van der Waals surface area (Å²) in [4.78, 5) is 47.6. The molecule has 0 radical (unpaired) electrons. The van der Waals surface area contributed by atoms with Crippen molar-refractivity contribution in [2.45, 2.75) is 0 Å². The maximum Gasteiger partial charge on any atom is 0.272 e. The van der Waals surface area contributed by atoms with Gasteiger partial charge in [-0.2, -0.15) is 0 Å². The minimum atomic E-state index is -0.901. The third kappa shape index (κ3) is 5.89. The summed E-state index contributed by atoms with van der Waals surface area (Å²) in [5, 5.41) is 35.3. The molecule has 260 valence electrons. The van der Waals surface area contributed by atoms with E-state index in [0.29, 0.717) is 44.4 Å². The van der Waals surface area contributed by atoms with Gasteiger partial charge in [-0.3, -0.25) is 30.3 Å². The van der Waals surface area contributed by atoms with Gasteiger partial charge in [0, 0.05) is 62.5 Å². The molecule has 16 heteroatoms. The van der Waals surface area contributed by atoms with Crippen molar-refractivity contribution in [3.05, 3.63) is 150 Å². The maximum absolute atomic E-state index is 15.0. The van der Waals surface area contributed by atoms with E-state index in [9.17, 15) is 39.1 Å². The number of nitrogens with one attached hydrogen (secondary N) is 3. The molecular formula is C37H20F3N7O6. The number of aromatic nitrogens is 4. The maximum atomic E-state index is 15.0. The number of hydrogen-bond donors (Lipinski definition) is 3. The summed E-state index contributed by atoms with van der Waals surface area (Å²) >= 11 is 0. The Morgan fingerprint density at radius 2 is 0.755 bits per heavy atom. The quantitative estimate of drug-likeness (QED) is 0.113. The summed E-state index contributed by atoms with van der Waals surface area (Å²) in [6.07, 6.45) is 3.29.